The lowest BCUT2D eigenvalue weighted by atomic mass is 9.95. The molecule has 1 aromatic heterocycles. The Morgan fingerprint density at radius 2 is 2.00 bits per heavy atom. The maximum atomic E-state index is 12.7. The average molecular weight is 374 g/mol. The van der Waals surface area contributed by atoms with Gasteiger partial charge in [-0.3, -0.25) is 9.78 Å². The van der Waals surface area contributed by atoms with Gasteiger partial charge in [0.1, 0.15) is 12.4 Å². The minimum absolute atomic E-state index is 0.0134. The topological polar surface area (TPSA) is 51.7 Å². The second-order valence-electron chi connectivity index (χ2n) is 6.73. The van der Waals surface area contributed by atoms with E-state index in [1.165, 1.54) is 0 Å². The van der Waals surface area contributed by atoms with E-state index in [-0.39, 0.29) is 18.6 Å². The Hall–Kier alpha value is -3.18. The van der Waals surface area contributed by atoms with Gasteiger partial charge in [-0.15, -0.1) is 0 Å². The molecular weight excluding hydrogens is 352 g/mol. The number of pyridine rings is 1. The smallest absolute Gasteiger partial charge is 0.249 e. The van der Waals surface area contributed by atoms with Gasteiger partial charge in [-0.05, 0) is 34.9 Å². The van der Waals surface area contributed by atoms with E-state index in [1.54, 1.807) is 13.3 Å². The fourth-order valence-corrected chi connectivity index (χ4v) is 3.57. The number of carbonyl (C=O) groups excluding carboxylic acids is 1. The molecule has 0 N–H and O–H groups in total. The van der Waals surface area contributed by atoms with Crippen molar-refractivity contribution >= 4 is 5.91 Å². The number of hydrogen-bond acceptors (Lipinski definition) is 4. The van der Waals surface area contributed by atoms with Crippen LogP contribution in [0, 0.1) is 0 Å². The molecule has 4 rings (SSSR count). The van der Waals surface area contributed by atoms with Gasteiger partial charge in [-0.25, -0.2) is 0 Å². The molecule has 1 fully saturated rings. The van der Waals surface area contributed by atoms with Gasteiger partial charge in [0.25, 0.3) is 0 Å². The lowest BCUT2D eigenvalue weighted by molar-refractivity contribution is -0.149. The largest absolute Gasteiger partial charge is 0.497 e. The number of ether oxygens (including phenoxy) is 2. The molecular formula is C23H22N2O3. The summed E-state index contributed by atoms with van der Waals surface area (Å²) in [6.45, 7) is 1.10. The summed E-state index contributed by atoms with van der Waals surface area (Å²) in [6.07, 6.45) is 3.60. The van der Waals surface area contributed by atoms with Crippen LogP contribution in [-0.2, 0) is 16.1 Å². The van der Waals surface area contributed by atoms with Crippen molar-refractivity contribution in [2.75, 3.05) is 20.3 Å². The van der Waals surface area contributed by atoms with Crippen LogP contribution < -0.4 is 4.74 Å². The summed E-state index contributed by atoms with van der Waals surface area (Å²) in [5.41, 5.74) is 4.11. The number of benzene rings is 2. The highest BCUT2D eigenvalue weighted by Crippen LogP contribution is 2.34. The van der Waals surface area contributed by atoms with Crippen LogP contribution in [0.2, 0.25) is 0 Å². The van der Waals surface area contributed by atoms with Crippen molar-refractivity contribution in [3.05, 3.63) is 84.2 Å². The van der Waals surface area contributed by atoms with Crippen molar-refractivity contribution in [3.63, 3.8) is 0 Å². The zero-order valence-electron chi connectivity index (χ0n) is 15.7. The first-order valence-electron chi connectivity index (χ1n) is 9.26. The summed E-state index contributed by atoms with van der Waals surface area (Å²) in [5.74, 6) is 0.776. The number of hydrogen-bond donors (Lipinski definition) is 0. The van der Waals surface area contributed by atoms with Gasteiger partial charge in [0.2, 0.25) is 5.91 Å². The van der Waals surface area contributed by atoms with E-state index in [4.69, 9.17) is 9.47 Å². The van der Waals surface area contributed by atoms with E-state index in [2.05, 4.69) is 4.98 Å². The molecule has 5 heteroatoms. The summed E-state index contributed by atoms with van der Waals surface area (Å²) >= 11 is 0. The Morgan fingerprint density at radius 1 is 1.14 bits per heavy atom. The molecule has 1 aliphatic heterocycles. The van der Waals surface area contributed by atoms with Crippen LogP contribution in [0.15, 0.2) is 73.1 Å². The molecule has 1 unspecified atom stereocenters. The Kier molecular flexibility index (Phi) is 5.35. The normalized spacial score (nSPS) is 16.8. The van der Waals surface area contributed by atoms with Crippen molar-refractivity contribution in [2.24, 2.45) is 0 Å². The van der Waals surface area contributed by atoms with E-state index in [9.17, 15) is 4.79 Å². The van der Waals surface area contributed by atoms with E-state index in [0.717, 1.165) is 28.0 Å². The van der Waals surface area contributed by atoms with Gasteiger partial charge in [0.05, 0.1) is 19.8 Å². The highest BCUT2D eigenvalue weighted by Gasteiger charge is 2.31. The van der Waals surface area contributed by atoms with E-state index in [1.807, 2.05) is 71.8 Å². The number of nitrogens with zero attached hydrogens (tertiary/aromatic N) is 2. The minimum atomic E-state index is -0.198. The van der Waals surface area contributed by atoms with Gasteiger partial charge in [-0.2, -0.15) is 0 Å². The Labute approximate surface area is 164 Å². The molecule has 0 radical (unpaired) electrons. The van der Waals surface area contributed by atoms with Gasteiger partial charge < -0.3 is 14.4 Å². The van der Waals surface area contributed by atoms with Gasteiger partial charge in [0.15, 0.2) is 0 Å². The fourth-order valence-electron chi connectivity index (χ4n) is 3.57. The molecule has 1 saturated heterocycles. The van der Waals surface area contributed by atoms with Crippen molar-refractivity contribution in [2.45, 2.75) is 12.6 Å². The van der Waals surface area contributed by atoms with E-state index < -0.39 is 0 Å². The molecule has 1 amide bonds. The average Bonchev–Trinajstić information content (AvgIpc) is 2.76. The first-order chi connectivity index (χ1) is 13.8. The Morgan fingerprint density at radius 3 is 2.82 bits per heavy atom. The summed E-state index contributed by atoms with van der Waals surface area (Å²) in [5, 5.41) is 0. The third-order valence-corrected chi connectivity index (χ3v) is 4.99. The monoisotopic (exact) mass is 374 g/mol. The molecule has 0 saturated carbocycles. The van der Waals surface area contributed by atoms with Crippen LogP contribution in [0.3, 0.4) is 0 Å². The molecule has 3 aromatic rings. The van der Waals surface area contributed by atoms with Crippen LogP contribution in [0.4, 0.5) is 0 Å². The Balaban J connectivity index is 1.73. The van der Waals surface area contributed by atoms with Crippen LogP contribution in [0.25, 0.3) is 11.1 Å². The first kappa shape index (κ1) is 18.2. The first-order valence-corrected chi connectivity index (χ1v) is 9.26. The SMILES string of the molecule is COc1cccc(-c2ccncc2C2COCC(=O)N2Cc2ccccc2)c1. The maximum Gasteiger partial charge on any atom is 0.249 e. The second kappa shape index (κ2) is 8.23. The number of morpholine rings is 1. The van der Waals surface area contributed by atoms with Crippen molar-refractivity contribution in [1.29, 1.82) is 0 Å². The predicted molar refractivity (Wildman–Crippen MR) is 107 cm³/mol. The number of amides is 1. The second-order valence-corrected chi connectivity index (χ2v) is 6.73. The Bertz CT molecular complexity index is 959. The molecule has 2 aromatic carbocycles. The van der Waals surface area contributed by atoms with Gasteiger partial charge in [-0.1, -0.05) is 42.5 Å². The standard InChI is InChI=1S/C23H22N2O3/c1-27-19-9-5-8-18(12-19)20-10-11-24-13-21(20)22-15-28-16-23(26)25(22)14-17-6-3-2-4-7-17/h2-13,22H,14-16H2,1H3. The van der Waals surface area contributed by atoms with Gasteiger partial charge in [0, 0.05) is 24.5 Å². The molecule has 0 spiro atoms. The van der Waals surface area contributed by atoms with Crippen LogP contribution in [-0.4, -0.2) is 36.1 Å². The summed E-state index contributed by atoms with van der Waals surface area (Å²) in [6, 6.07) is 19.7. The van der Waals surface area contributed by atoms with Crippen molar-refractivity contribution < 1.29 is 14.3 Å². The molecule has 2 heterocycles. The van der Waals surface area contributed by atoms with Crippen molar-refractivity contribution in [3.8, 4) is 16.9 Å². The number of carbonyl (C=O) groups is 1. The molecule has 1 aliphatic rings. The minimum Gasteiger partial charge on any atom is -0.497 e. The highest BCUT2D eigenvalue weighted by molar-refractivity contribution is 5.79. The molecule has 142 valence electrons. The van der Waals surface area contributed by atoms with Crippen LogP contribution >= 0.6 is 0 Å². The third kappa shape index (κ3) is 3.75. The third-order valence-electron chi connectivity index (χ3n) is 4.99. The fraction of sp³-hybridized carbons (Fsp3) is 0.217. The van der Waals surface area contributed by atoms with E-state index >= 15 is 0 Å². The predicted octanol–water partition coefficient (Wildman–Crippen LogP) is 3.86. The molecule has 0 bridgehead atoms. The number of aromatic nitrogens is 1. The van der Waals surface area contributed by atoms with Gasteiger partial charge >= 0.3 is 0 Å². The van der Waals surface area contributed by atoms with Crippen LogP contribution in [0.5, 0.6) is 5.75 Å². The lowest BCUT2D eigenvalue weighted by Gasteiger charge is -2.36. The maximum absolute atomic E-state index is 12.7. The molecule has 28 heavy (non-hydrogen) atoms. The quantitative estimate of drug-likeness (QED) is 0.681. The zero-order chi connectivity index (χ0) is 19.3. The number of methoxy groups -OCH3 is 1. The molecule has 1 atom stereocenters. The lowest BCUT2D eigenvalue weighted by Crippen LogP contribution is -2.43. The summed E-state index contributed by atoms with van der Waals surface area (Å²) in [7, 11) is 1.65. The van der Waals surface area contributed by atoms with Crippen molar-refractivity contribution in [1.82, 2.24) is 9.88 Å². The summed E-state index contributed by atoms with van der Waals surface area (Å²) in [4.78, 5) is 18.9. The molecule has 5 nitrogen and oxygen atoms in total. The van der Waals surface area contributed by atoms with E-state index in [0.29, 0.717) is 13.2 Å². The summed E-state index contributed by atoms with van der Waals surface area (Å²) < 4.78 is 11.0. The van der Waals surface area contributed by atoms with Crippen LogP contribution in [0.1, 0.15) is 17.2 Å². The highest BCUT2D eigenvalue weighted by atomic mass is 16.5. The number of rotatable bonds is 5. The zero-order valence-corrected chi connectivity index (χ0v) is 15.7. The molecule has 0 aliphatic carbocycles.